The summed E-state index contributed by atoms with van der Waals surface area (Å²) in [5.41, 5.74) is 5.26. The van der Waals surface area contributed by atoms with Gasteiger partial charge in [0, 0.05) is 6.54 Å². The van der Waals surface area contributed by atoms with Gasteiger partial charge in [-0.15, -0.1) is 0 Å². The molecule has 0 aromatic heterocycles. The largest absolute Gasteiger partial charge is 0.330 e. The molecule has 3 N–H and O–H groups in total. The molecule has 0 aromatic rings. The van der Waals surface area contributed by atoms with Gasteiger partial charge in [0.2, 0.25) is 10.0 Å². The van der Waals surface area contributed by atoms with Gasteiger partial charge >= 0.3 is 0 Å². The summed E-state index contributed by atoms with van der Waals surface area (Å²) >= 11 is 0. The average Bonchev–Trinajstić information content (AvgIpc) is 2.94. The Morgan fingerprint density at radius 1 is 1.50 bits per heavy atom. The fraction of sp³-hybridized carbons (Fsp3) is 1.00. The van der Waals surface area contributed by atoms with Crippen molar-refractivity contribution in [2.75, 3.05) is 18.8 Å². The van der Waals surface area contributed by atoms with E-state index in [0.29, 0.717) is 25.4 Å². The highest BCUT2D eigenvalue weighted by atomic mass is 32.2. The molecule has 5 heteroatoms. The van der Waals surface area contributed by atoms with Gasteiger partial charge in [-0.2, -0.15) is 0 Å². The van der Waals surface area contributed by atoms with Crippen LogP contribution >= 0.6 is 0 Å². The zero-order valence-corrected chi connectivity index (χ0v) is 9.52. The molecule has 84 valence electrons. The maximum absolute atomic E-state index is 11.4. The molecule has 1 atom stereocenters. The van der Waals surface area contributed by atoms with Gasteiger partial charge in [-0.25, -0.2) is 13.1 Å². The second-order valence-electron chi connectivity index (χ2n) is 4.12. The number of hydrogen-bond acceptors (Lipinski definition) is 3. The fourth-order valence-corrected chi connectivity index (χ4v) is 2.64. The third-order valence-electron chi connectivity index (χ3n) is 2.67. The number of hydrogen-bond donors (Lipinski definition) is 2. The molecule has 1 aliphatic rings. The zero-order valence-electron chi connectivity index (χ0n) is 8.70. The summed E-state index contributed by atoms with van der Waals surface area (Å²) < 4.78 is 25.4. The van der Waals surface area contributed by atoms with Crippen LogP contribution in [0.4, 0.5) is 0 Å². The van der Waals surface area contributed by atoms with Crippen molar-refractivity contribution in [3.63, 3.8) is 0 Å². The van der Waals surface area contributed by atoms with E-state index in [0.717, 1.165) is 5.92 Å². The molecule has 1 unspecified atom stereocenters. The lowest BCUT2D eigenvalue weighted by Crippen LogP contribution is -2.31. The molecule has 1 saturated carbocycles. The van der Waals surface area contributed by atoms with Crippen molar-refractivity contribution in [2.24, 2.45) is 17.6 Å². The first-order valence-corrected chi connectivity index (χ1v) is 6.88. The van der Waals surface area contributed by atoms with Crippen LogP contribution in [0.3, 0.4) is 0 Å². The maximum Gasteiger partial charge on any atom is 0.211 e. The molecule has 0 amide bonds. The van der Waals surface area contributed by atoms with Crippen molar-refractivity contribution < 1.29 is 8.42 Å². The minimum Gasteiger partial charge on any atom is -0.330 e. The van der Waals surface area contributed by atoms with Crippen LogP contribution in [-0.2, 0) is 10.0 Å². The lowest BCUT2D eigenvalue weighted by molar-refractivity contribution is 0.491. The zero-order chi connectivity index (χ0) is 10.6. The number of nitrogens with one attached hydrogen (secondary N) is 1. The highest BCUT2D eigenvalue weighted by Crippen LogP contribution is 2.36. The third kappa shape index (κ3) is 4.39. The highest BCUT2D eigenvalue weighted by molar-refractivity contribution is 7.89. The summed E-state index contributed by atoms with van der Waals surface area (Å²) in [5.74, 6) is 1.37. The number of rotatable bonds is 7. The highest BCUT2D eigenvalue weighted by Gasteiger charge is 2.28. The summed E-state index contributed by atoms with van der Waals surface area (Å²) in [6.07, 6.45) is 3.05. The molecule has 1 rings (SSSR count). The van der Waals surface area contributed by atoms with Crippen molar-refractivity contribution in [1.82, 2.24) is 4.72 Å². The monoisotopic (exact) mass is 220 g/mol. The Hall–Kier alpha value is -0.130. The third-order valence-corrected chi connectivity index (χ3v) is 4.10. The summed E-state index contributed by atoms with van der Waals surface area (Å²) in [6.45, 7) is 3.11. The Morgan fingerprint density at radius 3 is 2.64 bits per heavy atom. The topological polar surface area (TPSA) is 72.2 Å². The smallest absolute Gasteiger partial charge is 0.211 e. The lowest BCUT2D eigenvalue weighted by atomic mass is 10.1. The van der Waals surface area contributed by atoms with Crippen LogP contribution in [0.25, 0.3) is 0 Å². The predicted molar refractivity (Wildman–Crippen MR) is 57.3 cm³/mol. The molecule has 0 aliphatic heterocycles. The Balaban J connectivity index is 2.20. The van der Waals surface area contributed by atoms with E-state index in [1.807, 2.05) is 0 Å². The van der Waals surface area contributed by atoms with Gasteiger partial charge in [-0.1, -0.05) is 6.92 Å². The van der Waals surface area contributed by atoms with E-state index < -0.39 is 10.0 Å². The second kappa shape index (κ2) is 5.09. The van der Waals surface area contributed by atoms with E-state index >= 15 is 0 Å². The summed E-state index contributed by atoms with van der Waals surface area (Å²) in [5, 5.41) is 0. The van der Waals surface area contributed by atoms with E-state index in [1.54, 1.807) is 0 Å². The Bertz CT molecular complexity index is 260. The molecule has 0 radical (unpaired) electrons. The quantitative estimate of drug-likeness (QED) is 0.648. The van der Waals surface area contributed by atoms with Gasteiger partial charge in [0.25, 0.3) is 0 Å². The van der Waals surface area contributed by atoms with Crippen molar-refractivity contribution in [2.45, 2.75) is 26.2 Å². The van der Waals surface area contributed by atoms with Crippen LogP contribution in [0.15, 0.2) is 0 Å². The Morgan fingerprint density at radius 2 is 2.14 bits per heavy atom. The summed E-state index contributed by atoms with van der Waals surface area (Å²) in [4.78, 5) is 0. The minimum absolute atomic E-state index is 0.154. The van der Waals surface area contributed by atoms with Crippen LogP contribution in [0.1, 0.15) is 26.2 Å². The van der Waals surface area contributed by atoms with E-state index in [9.17, 15) is 8.42 Å². The molecular formula is C9H20N2O2S. The first-order valence-electron chi connectivity index (χ1n) is 5.22. The normalized spacial score (nSPS) is 19.6. The van der Waals surface area contributed by atoms with Gasteiger partial charge in [0.05, 0.1) is 5.75 Å². The maximum atomic E-state index is 11.4. The molecule has 0 aromatic carbocycles. The van der Waals surface area contributed by atoms with Crippen molar-refractivity contribution in [3.8, 4) is 0 Å². The first-order chi connectivity index (χ1) is 6.55. The molecule has 0 spiro atoms. The Kier molecular flexibility index (Phi) is 4.34. The average molecular weight is 220 g/mol. The SMILES string of the molecule is CC(CNS(=O)(=O)CCCN)C1CC1. The van der Waals surface area contributed by atoms with Crippen molar-refractivity contribution in [3.05, 3.63) is 0 Å². The van der Waals surface area contributed by atoms with E-state index in [1.165, 1.54) is 12.8 Å². The van der Waals surface area contributed by atoms with Gasteiger partial charge in [-0.05, 0) is 37.6 Å². The van der Waals surface area contributed by atoms with Gasteiger partial charge < -0.3 is 5.73 Å². The second-order valence-corrected chi connectivity index (χ2v) is 6.05. The molecular weight excluding hydrogens is 200 g/mol. The van der Waals surface area contributed by atoms with E-state index in [4.69, 9.17) is 5.73 Å². The van der Waals surface area contributed by atoms with Crippen LogP contribution in [-0.4, -0.2) is 27.3 Å². The van der Waals surface area contributed by atoms with Gasteiger partial charge in [-0.3, -0.25) is 0 Å². The van der Waals surface area contributed by atoms with Crippen molar-refractivity contribution >= 4 is 10.0 Å². The summed E-state index contributed by atoms with van der Waals surface area (Å²) in [6, 6.07) is 0. The molecule has 1 aliphatic carbocycles. The fourth-order valence-electron chi connectivity index (χ4n) is 1.44. The van der Waals surface area contributed by atoms with Crippen LogP contribution in [0, 0.1) is 11.8 Å². The molecule has 0 heterocycles. The Labute approximate surface area is 86.3 Å². The van der Waals surface area contributed by atoms with Gasteiger partial charge in [0.1, 0.15) is 0 Å². The molecule has 1 fully saturated rings. The van der Waals surface area contributed by atoms with Crippen LogP contribution in [0.2, 0.25) is 0 Å². The number of sulfonamides is 1. The standard InChI is InChI=1S/C9H20N2O2S/c1-8(9-3-4-9)7-11-14(12,13)6-2-5-10/h8-9,11H,2-7,10H2,1H3. The molecule has 0 saturated heterocycles. The molecule has 0 bridgehead atoms. The molecule has 4 nitrogen and oxygen atoms in total. The van der Waals surface area contributed by atoms with Crippen molar-refractivity contribution in [1.29, 1.82) is 0 Å². The van der Waals surface area contributed by atoms with E-state index in [2.05, 4.69) is 11.6 Å². The number of nitrogens with two attached hydrogens (primary N) is 1. The first kappa shape index (κ1) is 11.9. The van der Waals surface area contributed by atoms with Gasteiger partial charge in [0.15, 0.2) is 0 Å². The van der Waals surface area contributed by atoms with Crippen LogP contribution in [0.5, 0.6) is 0 Å². The van der Waals surface area contributed by atoms with Crippen LogP contribution < -0.4 is 10.5 Å². The minimum atomic E-state index is -3.07. The summed E-state index contributed by atoms with van der Waals surface area (Å²) in [7, 11) is -3.07. The lowest BCUT2D eigenvalue weighted by Gasteiger charge is -2.11. The predicted octanol–water partition coefficient (Wildman–Crippen LogP) is 0.301. The molecule has 14 heavy (non-hydrogen) atoms. The van der Waals surface area contributed by atoms with E-state index in [-0.39, 0.29) is 5.75 Å².